The van der Waals surface area contributed by atoms with Crippen LogP contribution in [0.15, 0.2) is 28.6 Å². The molecule has 0 fully saturated rings. The Bertz CT molecular complexity index is 727. The number of rotatable bonds is 6. The molecule has 0 bridgehead atoms. The van der Waals surface area contributed by atoms with Gasteiger partial charge >= 0.3 is 0 Å². The number of hydrogen-bond acceptors (Lipinski definition) is 7. The van der Waals surface area contributed by atoms with E-state index in [1.54, 1.807) is 12.1 Å². The first kappa shape index (κ1) is 15.4. The second-order valence-electron chi connectivity index (χ2n) is 3.82. The molecule has 2 rings (SSSR count). The second-order valence-corrected chi connectivity index (χ2v) is 6.73. The van der Waals surface area contributed by atoms with Gasteiger partial charge in [0, 0.05) is 6.07 Å². The largest absolute Gasteiger partial charge is 0.493 e. The first-order valence-electron chi connectivity index (χ1n) is 5.75. The van der Waals surface area contributed by atoms with Gasteiger partial charge in [0.2, 0.25) is 0 Å². The van der Waals surface area contributed by atoms with Crippen LogP contribution in [0.1, 0.15) is 0 Å². The van der Waals surface area contributed by atoms with Gasteiger partial charge in [-0.15, -0.1) is 0 Å². The lowest BCUT2D eigenvalue weighted by Gasteiger charge is -2.10. The summed E-state index contributed by atoms with van der Waals surface area (Å²) in [6.07, 6.45) is 1.24. The van der Waals surface area contributed by atoms with Crippen molar-refractivity contribution in [2.45, 2.75) is 4.21 Å². The minimum atomic E-state index is -3.72. The number of sulfonamides is 1. The summed E-state index contributed by atoms with van der Waals surface area (Å²) in [7, 11) is 0.692. The summed E-state index contributed by atoms with van der Waals surface area (Å²) < 4.78 is 42.1. The normalized spacial score (nSPS) is 11.0. The van der Waals surface area contributed by atoms with Crippen LogP contribution in [0.3, 0.4) is 0 Å². The van der Waals surface area contributed by atoms with E-state index in [1.165, 1.54) is 33.6 Å². The van der Waals surface area contributed by atoms with Gasteiger partial charge in [-0.1, -0.05) is 11.3 Å². The Labute approximate surface area is 126 Å². The van der Waals surface area contributed by atoms with Crippen molar-refractivity contribution in [3.63, 3.8) is 0 Å². The van der Waals surface area contributed by atoms with E-state index in [0.29, 0.717) is 17.2 Å². The van der Waals surface area contributed by atoms with Crippen molar-refractivity contribution < 1.29 is 22.6 Å². The van der Waals surface area contributed by atoms with Gasteiger partial charge in [-0.2, -0.15) is 0 Å². The molecule has 2 aromatic rings. The first-order chi connectivity index (χ1) is 10.00. The third kappa shape index (κ3) is 3.37. The number of aromatic nitrogens is 1. The Balaban J connectivity index is 2.28. The molecule has 21 heavy (non-hydrogen) atoms. The van der Waals surface area contributed by atoms with E-state index in [4.69, 9.17) is 14.2 Å². The minimum absolute atomic E-state index is 0.0640. The Hall–Kier alpha value is -2.00. The van der Waals surface area contributed by atoms with E-state index < -0.39 is 10.0 Å². The van der Waals surface area contributed by atoms with E-state index in [0.717, 1.165) is 11.3 Å². The topological polar surface area (TPSA) is 86.8 Å². The minimum Gasteiger partial charge on any atom is -0.493 e. The molecule has 1 aromatic carbocycles. The van der Waals surface area contributed by atoms with Crippen molar-refractivity contribution in [3.8, 4) is 16.7 Å². The highest BCUT2D eigenvalue weighted by Gasteiger charge is 2.19. The highest BCUT2D eigenvalue weighted by Crippen LogP contribution is 2.32. The summed E-state index contributed by atoms with van der Waals surface area (Å²) in [4.78, 5) is 3.84. The molecule has 0 aliphatic rings. The lowest BCUT2D eigenvalue weighted by Crippen LogP contribution is -2.11. The van der Waals surface area contributed by atoms with Gasteiger partial charge in [0.15, 0.2) is 15.7 Å². The summed E-state index contributed by atoms with van der Waals surface area (Å²) >= 11 is 0.937. The molecule has 1 N–H and O–H groups in total. The lowest BCUT2D eigenvalue weighted by atomic mass is 10.3. The van der Waals surface area contributed by atoms with Crippen LogP contribution in [0.25, 0.3) is 0 Å². The van der Waals surface area contributed by atoms with Crippen LogP contribution in [-0.4, -0.2) is 34.7 Å². The second kappa shape index (κ2) is 6.19. The van der Waals surface area contributed by atoms with Crippen LogP contribution >= 0.6 is 11.3 Å². The molecule has 0 radical (unpaired) electrons. The van der Waals surface area contributed by atoms with Crippen LogP contribution < -0.4 is 18.9 Å². The average molecular weight is 330 g/mol. The summed E-state index contributed by atoms with van der Waals surface area (Å²) in [6.45, 7) is 0. The van der Waals surface area contributed by atoms with E-state index in [1.807, 2.05) is 0 Å². The SMILES string of the molecule is COc1ncc(S(=O)(=O)Nc2ccc(OC)c(OC)c2)s1. The molecule has 0 spiro atoms. The standard InChI is InChI=1S/C12H14N2O5S2/c1-17-9-5-4-8(6-10(9)18-2)14-21(15,16)11-7-13-12(19-3)20-11/h4-7,14H,1-3H3. The third-order valence-corrected chi connectivity index (χ3v) is 5.34. The number of nitrogens with zero attached hydrogens (tertiary/aromatic N) is 1. The fraction of sp³-hybridized carbons (Fsp3) is 0.250. The highest BCUT2D eigenvalue weighted by molar-refractivity contribution is 7.94. The van der Waals surface area contributed by atoms with Gasteiger partial charge in [-0.25, -0.2) is 13.4 Å². The molecule has 114 valence electrons. The molecule has 0 unspecified atom stereocenters. The summed E-state index contributed by atoms with van der Waals surface area (Å²) in [5.74, 6) is 0.944. The zero-order valence-corrected chi connectivity index (χ0v) is 13.2. The maximum absolute atomic E-state index is 12.2. The number of thiazole rings is 1. The smallest absolute Gasteiger partial charge is 0.274 e. The fourth-order valence-electron chi connectivity index (χ4n) is 1.57. The van der Waals surface area contributed by atoms with Crippen molar-refractivity contribution in [1.82, 2.24) is 4.98 Å². The van der Waals surface area contributed by atoms with Crippen molar-refractivity contribution >= 4 is 27.0 Å². The Morgan fingerprint density at radius 3 is 2.38 bits per heavy atom. The number of hydrogen-bond donors (Lipinski definition) is 1. The Kier molecular flexibility index (Phi) is 4.53. The molecule has 0 aliphatic carbocycles. The van der Waals surface area contributed by atoms with E-state index in [9.17, 15) is 8.42 Å². The molecule has 0 saturated heterocycles. The maximum atomic E-state index is 12.2. The van der Waals surface area contributed by atoms with Crippen LogP contribution in [0.4, 0.5) is 5.69 Å². The quantitative estimate of drug-likeness (QED) is 0.871. The molecule has 1 heterocycles. The number of methoxy groups -OCH3 is 3. The van der Waals surface area contributed by atoms with Gasteiger partial charge in [-0.3, -0.25) is 4.72 Å². The average Bonchev–Trinajstić information content (AvgIpc) is 2.96. The molecular weight excluding hydrogens is 316 g/mol. The number of benzene rings is 1. The van der Waals surface area contributed by atoms with Crippen LogP contribution in [0.2, 0.25) is 0 Å². The van der Waals surface area contributed by atoms with Crippen LogP contribution in [0.5, 0.6) is 16.7 Å². The van der Waals surface area contributed by atoms with Crippen LogP contribution in [-0.2, 0) is 10.0 Å². The van der Waals surface area contributed by atoms with Gasteiger partial charge in [-0.05, 0) is 12.1 Å². The van der Waals surface area contributed by atoms with Gasteiger partial charge in [0.25, 0.3) is 15.2 Å². The molecule has 9 heteroatoms. The van der Waals surface area contributed by atoms with Crippen molar-refractivity contribution in [2.75, 3.05) is 26.1 Å². The maximum Gasteiger partial charge on any atom is 0.274 e. The predicted molar refractivity (Wildman–Crippen MR) is 79.0 cm³/mol. The molecule has 0 aliphatic heterocycles. The van der Waals surface area contributed by atoms with Crippen molar-refractivity contribution in [3.05, 3.63) is 24.4 Å². The van der Waals surface area contributed by atoms with Gasteiger partial charge < -0.3 is 14.2 Å². The molecule has 0 amide bonds. The number of nitrogens with one attached hydrogen (secondary N) is 1. The molecular formula is C12H14N2O5S2. The van der Waals surface area contributed by atoms with E-state index >= 15 is 0 Å². The Morgan fingerprint density at radius 2 is 1.81 bits per heavy atom. The number of anilines is 1. The van der Waals surface area contributed by atoms with E-state index in [-0.39, 0.29) is 9.40 Å². The van der Waals surface area contributed by atoms with E-state index in [2.05, 4.69) is 9.71 Å². The lowest BCUT2D eigenvalue weighted by molar-refractivity contribution is 0.355. The summed E-state index contributed by atoms with van der Waals surface area (Å²) in [6, 6.07) is 4.73. The summed E-state index contributed by atoms with van der Waals surface area (Å²) in [5, 5.41) is 0.280. The van der Waals surface area contributed by atoms with Crippen molar-refractivity contribution in [1.29, 1.82) is 0 Å². The molecule has 7 nitrogen and oxygen atoms in total. The summed E-state index contributed by atoms with van der Waals surface area (Å²) in [5.41, 5.74) is 0.361. The Morgan fingerprint density at radius 1 is 1.10 bits per heavy atom. The monoisotopic (exact) mass is 330 g/mol. The van der Waals surface area contributed by atoms with Crippen molar-refractivity contribution in [2.24, 2.45) is 0 Å². The molecule has 1 aromatic heterocycles. The molecule has 0 atom stereocenters. The zero-order valence-electron chi connectivity index (χ0n) is 11.6. The third-order valence-electron chi connectivity index (χ3n) is 2.54. The number of ether oxygens (including phenoxy) is 3. The fourth-order valence-corrected chi connectivity index (χ4v) is 3.54. The van der Waals surface area contributed by atoms with Gasteiger partial charge in [0.1, 0.15) is 0 Å². The van der Waals surface area contributed by atoms with Crippen LogP contribution in [0, 0.1) is 0 Å². The predicted octanol–water partition coefficient (Wildman–Crippen LogP) is 1.97. The first-order valence-corrected chi connectivity index (χ1v) is 8.05. The highest BCUT2D eigenvalue weighted by atomic mass is 32.2. The van der Waals surface area contributed by atoms with Gasteiger partial charge in [0.05, 0.1) is 33.2 Å². The zero-order chi connectivity index (χ0) is 15.5. The molecule has 0 saturated carbocycles.